The number of nitrogens with one attached hydrogen (secondary N) is 3. The molecule has 3 rings (SSSR count). The van der Waals surface area contributed by atoms with Crippen LogP contribution >= 0.6 is 0 Å². The SMILES string of the molecule is CC(C)(C)NC(=O)NCCNc1nc(-c2ccc(F)cc2)nc2ccccc12. The molecule has 0 atom stereocenters. The van der Waals surface area contributed by atoms with Crippen molar-refractivity contribution in [1.29, 1.82) is 0 Å². The Bertz CT molecular complexity index is 967. The third-order valence-corrected chi connectivity index (χ3v) is 3.90. The predicted molar refractivity (Wildman–Crippen MR) is 110 cm³/mol. The van der Waals surface area contributed by atoms with Crippen molar-refractivity contribution in [3.05, 3.63) is 54.3 Å². The fraction of sp³-hybridized carbons (Fsp3) is 0.286. The second-order valence-electron chi connectivity index (χ2n) is 7.48. The summed E-state index contributed by atoms with van der Waals surface area (Å²) >= 11 is 0. The Morgan fingerprint density at radius 1 is 1.00 bits per heavy atom. The van der Waals surface area contributed by atoms with Crippen molar-refractivity contribution in [2.75, 3.05) is 18.4 Å². The van der Waals surface area contributed by atoms with E-state index in [1.54, 1.807) is 12.1 Å². The Labute approximate surface area is 163 Å². The molecule has 1 heterocycles. The Balaban J connectivity index is 1.74. The lowest BCUT2D eigenvalue weighted by atomic mass is 10.1. The van der Waals surface area contributed by atoms with Crippen LogP contribution in [0.5, 0.6) is 0 Å². The number of anilines is 1. The molecular weight excluding hydrogens is 357 g/mol. The molecule has 3 aromatic rings. The van der Waals surface area contributed by atoms with Gasteiger partial charge in [0, 0.05) is 29.6 Å². The second kappa shape index (κ2) is 8.21. The van der Waals surface area contributed by atoms with E-state index in [9.17, 15) is 9.18 Å². The molecule has 0 spiro atoms. The van der Waals surface area contributed by atoms with Gasteiger partial charge in [0.1, 0.15) is 11.6 Å². The van der Waals surface area contributed by atoms with Gasteiger partial charge in [-0.3, -0.25) is 0 Å². The lowest BCUT2D eigenvalue weighted by molar-refractivity contribution is 0.232. The summed E-state index contributed by atoms with van der Waals surface area (Å²) in [6.07, 6.45) is 0. The van der Waals surface area contributed by atoms with Crippen LogP contribution in [0.25, 0.3) is 22.3 Å². The van der Waals surface area contributed by atoms with Gasteiger partial charge < -0.3 is 16.0 Å². The fourth-order valence-corrected chi connectivity index (χ4v) is 2.68. The summed E-state index contributed by atoms with van der Waals surface area (Å²) in [7, 11) is 0. The van der Waals surface area contributed by atoms with E-state index in [4.69, 9.17) is 0 Å². The average molecular weight is 381 g/mol. The van der Waals surface area contributed by atoms with Crippen molar-refractivity contribution < 1.29 is 9.18 Å². The number of halogens is 1. The maximum absolute atomic E-state index is 13.2. The maximum Gasteiger partial charge on any atom is 0.315 e. The summed E-state index contributed by atoms with van der Waals surface area (Å²) < 4.78 is 13.2. The molecule has 146 valence electrons. The molecule has 0 bridgehead atoms. The molecule has 0 fully saturated rings. The third-order valence-electron chi connectivity index (χ3n) is 3.90. The molecule has 0 saturated carbocycles. The lowest BCUT2D eigenvalue weighted by Crippen LogP contribution is -2.47. The van der Waals surface area contributed by atoms with Gasteiger partial charge in [-0.05, 0) is 57.2 Å². The predicted octanol–water partition coefficient (Wildman–Crippen LogP) is 3.95. The standard InChI is InChI=1S/C21H24FN5O/c1-21(2,3)27-20(28)24-13-12-23-19-16-6-4-5-7-17(16)25-18(26-19)14-8-10-15(22)11-9-14/h4-11H,12-13H2,1-3H3,(H,23,25,26)(H2,24,27,28). The Kier molecular flexibility index (Phi) is 5.73. The van der Waals surface area contributed by atoms with Gasteiger partial charge in [-0.2, -0.15) is 0 Å². The molecule has 28 heavy (non-hydrogen) atoms. The zero-order chi connectivity index (χ0) is 20.1. The summed E-state index contributed by atoms with van der Waals surface area (Å²) in [5.74, 6) is 0.880. The summed E-state index contributed by atoms with van der Waals surface area (Å²) in [6.45, 7) is 6.71. The van der Waals surface area contributed by atoms with Crippen LogP contribution in [-0.2, 0) is 0 Å². The number of urea groups is 1. The number of para-hydroxylation sites is 1. The van der Waals surface area contributed by atoms with Gasteiger partial charge in [-0.15, -0.1) is 0 Å². The van der Waals surface area contributed by atoms with Gasteiger partial charge in [0.25, 0.3) is 0 Å². The minimum atomic E-state index is -0.303. The number of carbonyl (C=O) groups excluding carboxylic acids is 1. The highest BCUT2D eigenvalue weighted by Crippen LogP contribution is 2.24. The van der Waals surface area contributed by atoms with E-state index >= 15 is 0 Å². The quantitative estimate of drug-likeness (QED) is 0.585. The highest BCUT2D eigenvalue weighted by molar-refractivity contribution is 5.90. The largest absolute Gasteiger partial charge is 0.368 e. The molecule has 0 saturated heterocycles. The minimum absolute atomic E-state index is 0.214. The fourth-order valence-electron chi connectivity index (χ4n) is 2.68. The van der Waals surface area contributed by atoms with Gasteiger partial charge in [0.15, 0.2) is 5.82 Å². The van der Waals surface area contributed by atoms with Crippen LogP contribution in [0.2, 0.25) is 0 Å². The summed E-state index contributed by atoms with van der Waals surface area (Å²) in [6, 6.07) is 13.5. The van der Waals surface area contributed by atoms with Crippen LogP contribution < -0.4 is 16.0 Å². The number of rotatable bonds is 5. The van der Waals surface area contributed by atoms with Crippen LogP contribution in [0.1, 0.15) is 20.8 Å². The van der Waals surface area contributed by atoms with Crippen LogP contribution in [0.3, 0.4) is 0 Å². The van der Waals surface area contributed by atoms with Crippen LogP contribution in [0.15, 0.2) is 48.5 Å². The third kappa shape index (κ3) is 5.16. The molecule has 0 aliphatic heterocycles. The molecule has 2 aromatic carbocycles. The zero-order valence-corrected chi connectivity index (χ0v) is 16.2. The highest BCUT2D eigenvalue weighted by Gasteiger charge is 2.13. The first-order valence-electron chi connectivity index (χ1n) is 9.14. The molecule has 3 N–H and O–H groups in total. The molecule has 1 aromatic heterocycles. The zero-order valence-electron chi connectivity index (χ0n) is 16.2. The first-order valence-corrected chi connectivity index (χ1v) is 9.14. The Morgan fingerprint density at radius 3 is 2.43 bits per heavy atom. The number of carbonyl (C=O) groups is 1. The minimum Gasteiger partial charge on any atom is -0.368 e. The van der Waals surface area contributed by atoms with Crippen LogP contribution in [0.4, 0.5) is 15.0 Å². The maximum atomic E-state index is 13.2. The van der Waals surface area contributed by atoms with E-state index in [2.05, 4.69) is 25.9 Å². The van der Waals surface area contributed by atoms with Gasteiger partial charge in [-0.1, -0.05) is 12.1 Å². The number of amides is 2. The van der Waals surface area contributed by atoms with Crippen LogP contribution in [0, 0.1) is 5.82 Å². The van der Waals surface area contributed by atoms with E-state index in [0.717, 1.165) is 16.5 Å². The van der Waals surface area contributed by atoms with Crippen molar-refractivity contribution in [3.63, 3.8) is 0 Å². The van der Waals surface area contributed by atoms with Crippen molar-refractivity contribution in [3.8, 4) is 11.4 Å². The van der Waals surface area contributed by atoms with Crippen molar-refractivity contribution >= 4 is 22.8 Å². The number of nitrogens with zero attached hydrogens (tertiary/aromatic N) is 2. The van der Waals surface area contributed by atoms with Gasteiger partial charge >= 0.3 is 6.03 Å². The number of hydrogen-bond acceptors (Lipinski definition) is 4. The Morgan fingerprint density at radius 2 is 1.71 bits per heavy atom. The highest BCUT2D eigenvalue weighted by atomic mass is 19.1. The number of benzene rings is 2. The molecule has 0 radical (unpaired) electrons. The van der Waals surface area contributed by atoms with Gasteiger partial charge in [-0.25, -0.2) is 19.2 Å². The number of hydrogen-bond donors (Lipinski definition) is 3. The van der Waals surface area contributed by atoms with E-state index in [1.165, 1.54) is 12.1 Å². The monoisotopic (exact) mass is 381 g/mol. The molecule has 2 amide bonds. The van der Waals surface area contributed by atoms with E-state index in [-0.39, 0.29) is 17.4 Å². The number of aromatic nitrogens is 2. The molecule has 0 unspecified atom stereocenters. The average Bonchev–Trinajstić information content (AvgIpc) is 2.64. The van der Waals surface area contributed by atoms with Crippen molar-refractivity contribution in [2.24, 2.45) is 0 Å². The van der Waals surface area contributed by atoms with Gasteiger partial charge in [0.2, 0.25) is 0 Å². The smallest absolute Gasteiger partial charge is 0.315 e. The van der Waals surface area contributed by atoms with Crippen molar-refractivity contribution in [1.82, 2.24) is 20.6 Å². The molecule has 7 heteroatoms. The Hall–Kier alpha value is -3.22. The lowest BCUT2D eigenvalue weighted by Gasteiger charge is -2.20. The van der Waals surface area contributed by atoms with E-state index in [1.807, 2.05) is 45.0 Å². The van der Waals surface area contributed by atoms with Gasteiger partial charge in [0.05, 0.1) is 5.52 Å². The first-order chi connectivity index (χ1) is 13.3. The summed E-state index contributed by atoms with van der Waals surface area (Å²) in [4.78, 5) is 21.0. The molecule has 6 nitrogen and oxygen atoms in total. The normalized spacial score (nSPS) is 11.3. The second-order valence-corrected chi connectivity index (χ2v) is 7.48. The summed E-state index contributed by atoms with van der Waals surface area (Å²) in [5, 5.41) is 9.80. The van der Waals surface area contributed by atoms with E-state index < -0.39 is 0 Å². The van der Waals surface area contributed by atoms with Crippen molar-refractivity contribution in [2.45, 2.75) is 26.3 Å². The first kappa shape index (κ1) is 19.5. The molecule has 0 aliphatic carbocycles. The van der Waals surface area contributed by atoms with E-state index in [0.29, 0.717) is 24.7 Å². The summed E-state index contributed by atoms with van der Waals surface area (Å²) in [5.41, 5.74) is 1.24. The van der Waals surface area contributed by atoms with Crippen LogP contribution in [-0.4, -0.2) is 34.6 Å². The topological polar surface area (TPSA) is 78.9 Å². The number of fused-ring (bicyclic) bond motifs is 1. The molecular formula is C21H24FN5O. The molecule has 0 aliphatic rings.